The van der Waals surface area contributed by atoms with Crippen LogP contribution in [0.15, 0.2) is 54.6 Å². The van der Waals surface area contributed by atoms with Crippen LogP contribution in [0, 0.1) is 5.41 Å². The van der Waals surface area contributed by atoms with Crippen molar-refractivity contribution < 1.29 is 14.3 Å². The number of rotatable bonds is 5. The largest absolute Gasteiger partial charge is 0.484 e. The zero-order chi connectivity index (χ0) is 19.4. The highest BCUT2D eigenvalue weighted by Crippen LogP contribution is 2.27. The monoisotopic (exact) mass is 402 g/mol. The number of ketones is 1. The molecule has 1 unspecified atom stereocenters. The van der Waals surface area contributed by atoms with Crippen molar-refractivity contribution >= 4 is 24.1 Å². The van der Waals surface area contributed by atoms with Gasteiger partial charge in [-0.25, -0.2) is 0 Å². The number of ether oxygens (including phenoxy) is 1. The van der Waals surface area contributed by atoms with Crippen molar-refractivity contribution in [2.75, 3.05) is 19.7 Å². The SMILES string of the molecule is CC1(C)CN(C(=O)COc2ccc(C(=O)c3ccccc3)cc2)CCC1N.Cl. The lowest BCUT2D eigenvalue weighted by Crippen LogP contribution is -2.54. The molecule has 5 nitrogen and oxygen atoms in total. The van der Waals surface area contributed by atoms with Crippen LogP contribution in [0.1, 0.15) is 36.2 Å². The average molecular weight is 403 g/mol. The van der Waals surface area contributed by atoms with E-state index in [2.05, 4.69) is 13.8 Å². The van der Waals surface area contributed by atoms with Crippen molar-refractivity contribution in [1.82, 2.24) is 4.90 Å². The molecule has 1 saturated heterocycles. The van der Waals surface area contributed by atoms with E-state index in [1.165, 1.54) is 0 Å². The van der Waals surface area contributed by atoms with Crippen LogP contribution in [0.4, 0.5) is 0 Å². The predicted molar refractivity (Wildman–Crippen MR) is 112 cm³/mol. The maximum atomic E-state index is 12.4. The fourth-order valence-electron chi connectivity index (χ4n) is 3.28. The van der Waals surface area contributed by atoms with Crippen molar-refractivity contribution in [3.63, 3.8) is 0 Å². The Morgan fingerprint density at radius 1 is 1.07 bits per heavy atom. The molecule has 2 N–H and O–H groups in total. The number of carbonyl (C=O) groups is 2. The fourth-order valence-corrected chi connectivity index (χ4v) is 3.28. The lowest BCUT2D eigenvalue weighted by atomic mass is 9.80. The van der Waals surface area contributed by atoms with Crippen molar-refractivity contribution in [2.24, 2.45) is 11.1 Å². The molecule has 0 aromatic heterocycles. The average Bonchev–Trinajstić information content (AvgIpc) is 2.68. The Bertz CT molecular complexity index is 806. The molecule has 0 radical (unpaired) electrons. The molecular formula is C22H27ClN2O3. The Labute approximate surface area is 172 Å². The number of nitrogens with two attached hydrogens (primary N) is 1. The highest BCUT2D eigenvalue weighted by molar-refractivity contribution is 6.08. The molecule has 0 spiro atoms. The third-order valence-corrected chi connectivity index (χ3v) is 5.18. The van der Waals surface area contributed by atoms with Crippen molar-refractivity contribution in [2.45, 2.75) is 26.3 Å². The zero-order valence-electron chi connectivity index (χ0n) is 16.3. The van der Waals surface area contributed by atoms with Crippen molar-refractivity contribution in [3.8, 4) is 5.75 Å². The number of likely N-dealkylation sites (tertiary alicyclic amines) is 1. The third kappa shape index (κ3) is 5.12. The Hall–Kier alpha value is -2.37. The Kier molecular flexibility index (Phi) is 7.22. The van der Waals surface area contributed by atoms with Crippen LogP contribution in [-0.2, 0) is 4.79 Å². The molecule has 0 saturated carbocycles. The topological polar surface area (TPSA) is 72.6 Å². The molecule has 1 amide bonds. The van der Waals surface area contributed by atoms with Crippen LogP contribution in [0.3, 0.4) is 0 Å². The number of amides is 1. The number of halogens is 1. The number of hydrogen-bond acceptors (Lipinski definition) is 4. The van der Waals surface area contributed by atoms with E-state index in [1.54, 1.807) is 36.4 Å². The molecule has 1 atom stereocenters. The number of carbonyl (C=O) groups excluding carboxylic acids is 2. The standard InChI is InChI=1S/C22H26N2O3.ClH/c1-22(2)15-24(13-12-19(22)23)20(25)14-27-18-10-8-17(9-11-18)21(26)16-6-4-3-5-7-16;/h3-11,19H,12-15,23H2,1-2H3;1H. The van der Waals surface area contributed by atoms with Crippen LogP contribution < -0.4 is 10.5 Å². The quantitative estimate of drug-likeness (QED) is 0.779. The molecule has 3 rings (SSSR count). The van der Waals surface area contributed by atoms with Gasteiger partial charge in [0.05, 0.1) is 0 Å². The highest BCUT2D eigenvalue weighted by atomic mass is 35.5. The molecule has 1 heterocycles. The van der Waals surface area contributed by atoms with E-state index in [0.29, 0.717) is 30.0 Å². The predicted octanol–water partition coefficient (Wildman–Crippen LogP) is 3.30. The summed E-state index contributed by atoms with van der Waals surface area (Å²) in [7, 11) is 0. The first-order valence-corrected chi connectivity index (χ1v) is 9.23. The summed E-state index contributed by atoms with van der Waals surface area (Å²) in [6.07, 6.45) is 0.801. The molecule has 1 fully saturated rings. The maximum Gasteiger partial charge on any atom is 0.260 e. The minimum absolute atomic E-state index is 0. The first-order valence-electron chi connectivity index (χ1n) is 9.23. The van der Waals surface area contributed by atoms with Gasteiger partial charge in [0, 0.05) is 30.3 Å². The maximum absolute atomic E-state index is 12.4. The summed E-state index contributed by atoms with van der Waals surface area (Å²) in [5, 5.41) is 0. The summed E-state index contributed by atoms with van der Waals surface area (Å²) >= 11 is 0. The van der Waals surface area contributed by atoms with Crippen LogP contribution >= 0.6 is 12.4 Å². The first kappa shape index (κ1) is 21.9. The van der Waals surface area contributed by atoms with Crippen molar-refractivity contribution in [3.05, 3.63) is 65.7 Å². The smallest absolute Gasteiger partial charge is 0.260 e. The van der Waals surface area contributed by atoms with Crippen LogP contribution in [0.2, 0.25) is 0 Å². The minimum Gasteiger partial charge on any atom is -0.484 e. The second-order valence-electron chi connectivity index (χ2n) is 7.71. The van der Waals surface area contributed by atoms with Gasteiger partial charge in [0.15, 0.2) is 12.4 Å². The van der Waals surface area contributed by atoms with Crippen LogP contribution in [-0.4, -0.2) is 42.3 Å². The van der Waals surface area contributed by atoms with E-state index in [1.807, 2.05) is 23.1 Å². The summed E-state index contributed by atoms with van der Waals surface area (Å²) in [5.74, 6) is 0.491. The van der Waals surface area contributed by atoms with Gasteiger partial charge in [0.1, 0.15) is 5.75 Å². The highest BCUT2D eigenvalue weighted by Gasteiger charge is 2.35. The minimum atomic E-state index is -0.0899. The summed E-state index contributed by atoms with van der Waals surface area (Å²) in [5.41, 5.74) is 7.27. The third-order valence-electron chi connectivity index (χ3n) is 5.18. The molecule has 0 aliphatic carbocycles. The lowest BCUT2D eigenvalue weighted by molar-refractivity contribution is -0.136. The van der Waals surface area contributed by atoms with Gasteiger partial charge in [-0.2, -0.15) is 0 Å². The van der Waals surface area contributed by atoms with Crippen LogP contribution in [0.25, 0.3) is 0 Å². The number of piperidine rings is 1. The number of nitrogens with zero attached hydrogens (tertiary/aromatic N) is 1. The van der Waals surface area contributed by atoms with Crippen molar-refractivity contribution in [1.29, 1.82) is 0 Å². The van der Waals surface area contributed by atoms with Gasteiger partial charge in [-0.1, -0.05) is 44.2 Å². The van der Waals surface area contributed by atoms with Gasteiger partial charge in [-0.05, 0) is 36.1 Å². The van der Waals surface area contributed by atoms with E-state index in [0.717, 1.165) is 6.42 Å². The molecule has 28 heavy (non-hydrogen) atoms. The van der Waals surface area contributed by atoms with E-state index >= 15 is 0 Å². The molecule has 2 aromatic rings. The van der Waals surface area contributed by atoms with Gasteiger partial charge in [0.2, 0.25) is 0 Å². The molecule has 6 heteroatoms. The van der Waals surface area contributed by atoms with Gasteiger partial charge in [-0.15, -0.1) is 12.4 Å². The second kappa shape index (κ2) is 9.22. The molecule has 2 aromatic carbocycles. The van der Waals surface area contributed by atoms with E-state index < -0.39 is 0 Å². The van der Waals surface area contributed by atoms with Gasteiger partial charge in [-0.3, -0.25) is 9.59 Å². The van der Waals surface area contributed by atoms with E-state index in [-0.39, 0.29) is 42.2 Å². The first-order chi connectivity index (χ1) is 12.9. The molecular weight excluding hydrogens is 376 g/mol. The lowest BCUT2D eigenvalue weighted by Gasteiger charge is -2.42. The normalized spacial score (nSPS) is 18.1. The molecule has 0 bridgehead atoms. The fraction of sp³-hybridized carbons (Fsp3) is 0.364. The van der Waals surface area contributed by atoms with E-state index in [4.69, 9.17) is 10.5 Å². The Balaban J connectivity index is 0.00000280. The Morgan fingerprint density at radius 2 is 1.68 bits per heavy atom. The summed E-state index contributed by atoms with van der Waals surface area (Å²) in [4.78, 5) is 26.7. The zero-order valence-corrected chi connectivity index (χ0v) is 17.1. The van der Waals surface area contributed by atoms with Gasteiger partial charge < -0.3 is 15.4 Å². The Morgan fingerprint density at radius 3 is 2.29 bits per heavy atom. The summed E-state index contributed by atoms with van der Waals surface area (Å²) in [6.45, 7) is 5.45. The molecule has 150 valence electrons. The molecule has 1 aliphatic heterocycles. The second-order valence-corrected chi connectivity index (χ2v) is 7.71. The molecule has 1 aliphatic rings. The summed E-state index contributed by atoms with van der Waals surface area (Å²) < 4.78 is 5.62. The van der Waals surface area contributed by atoms with Gasteiger partial charge >= 0.3 is 0 Å². The number of hydrogen-bond donors (Lipinski definition) is 1. The number of benzene rings is 2. The van der Waals surface area contributed by atoms with Gasteiger partial charge in [0.25, 0.3) is 5.91 Å². The van der Waals surface area contributed by atoms with Crippen LogP contribution in [0.5, 0.6) is 5.75 Å². The summed E-state index contributed by atoms with van der Waals surface area (Å²) in [6, 6.07) is 16.1. The van der Waals surface area contributed by atoms with E-state index in [9.17, 15) is 9.59 Å².